The van der Waals surface area contributed by atoms with E-state index in [4.69, 9.17) is 9.47 Å². The Morgan fingerprint density at radius 1 is 0.871 bits per heavy atom. The van der Waals surface area contributed by atoms with Crippen molar-refractivity contribution in [2.75, 3.05) is 18.1 Å². The van der Waals surface area contributed by atoms with E-state index in [2.05, 4.69) is 56.3 Å². The average Bonchev–Trinajstić information content (AvgIpc) is 2.75. The van der Waals surface area contributed by atoms with E-state index in [0.717, 1.165) is 33.7 Å². The van der Waals surface area contributed by atoms with Crippen LogP contribution in [0.1, 0.15) is 47.7 Å². The number of hydrogen-bond donors (Lipinski definition) is 0. The van der Waals surface area contributed by atoms with Crippen LogP contribution in [0.4, 0.5) is 5.69 Å². The Labute approximate surface area is 184 Å². The number of amides is 1. The molecule has 4 nitrogen and oxygen atoms in total. The lowest BCUT2D eigenvalue weighted by Crippen LogP contribution is -2.41. The van der Waals surface area contributed by atoms with Crippen molar-refractivity contribution in [3.63, 3.8) is 0 Å². The summed E-state index contributed by atoms with van der Waals surface area (Å²) in [6.45, 7) is 9.15. The van der Waals surface area contributed by atoms with Gasteiger partial charge in [0.2, 0.25) is 5.91 Å². The highest BCUT2D eigenvalue weighted by Crippen LogP contribution is 2.43. The van der Waals surface area contributed by atoms with Crippen LogP contribution < -0.4 is 14.4 Å². The predicted molar refractivity (Wildman–Crippen MR) is 124 cm³/mol. The molecule has 0 radical (unpaired) electrons. The molecule has 0 saturated heterocycles. The van der Waals surface area contributed by atoms with E-state index < -0.39 is 0 Å². The monoisotopic (exact) mass is 415 g/mol. The fourth-order valence-electron chi connectivity index (χ4n) is 4.26. The zero-order valence-electron chi connectivity index (χ0n) is 18.6. The van der Waals surface area contributed by atoms with E-state index >= 15 is 0 Å². The molecule has 1 aliphatic heterocycles. The Hall–Kier alpha value is -3.27. The Morgan fingerprint density at radius 2 is 1.55 bits per heavy atom. The minimum absolute atomic E-state index is 0.0782. The molecule has 3 aromatic rings. The second-order valence-corrected chi connectivity index (χ2v) is 7.96. The zero-order chi connectivity index (χ0) is 22.0. The molecular weight excluding hydrogens is 386 g/mol. The number of ether oxygens (including phenoxy) is 2. The SMILES string of the molecule is CCOc1cc2c(cc1OCC)[C@@H](c1cccc(C)c1)N(c1ccc(C)cc1)C(=O)C2. The smallest absolute Gasteiger partial charge is 0.232 e. The lowest BCUT2D eigenvalue weighted by Gasteiger charge is -2.38. The molecule has 0 N–H and O–H groups in total. The standard InChI is InChI=1S/C27H29NO3/c1-5-30-24-15-21-16-26(29)28(22-12-10-18(3)11-13-22)27(20-9-7-8-19(4)14-20)23(21)17-25(24)31-6-2/h7-15,17,27H,5-6,16H2,1-4H3/t27-/m1/s1. The molecule has 0 unspecified atom stereocenters. The molecule has 0 saturated carbocycles. The summed E-state index contributed by atoms with van der Waals surface area (Å²) in [5.41, 5.74) is 6.39. The number of hydrogen-bond acceptors (Lipinski definition) is 3. The number of aryl methyl sites for hydroxylation is 2. The number of carbonyl (C=O) groups is 1. The Bertz CT molecular complexity index is 1090. The molecule has 0 spiro atoms. The Kier molecular flexibility index (Phi) is 5.99. The molecule has 0 aromatic heterocycles. The first-order chi connectivity index (χ1) is 15.0. The summed E-state index contributed by atoms with van der Waals surface area (Å²) in [5, 5.41) is 0. The van der Waals surface area contributed by atoms with Crippen LogP contribution in [0.5, 0.6) is 11.5 Å². The molecular formula is C27H29NO3. The van der Waals surface area contributed by atoms with Gasteiger partial charge < -0.3 is 14.4 Å². The van der Waals surface area contributed by atoms with Gasteiger partial charge in [-0.1, -0.05) is 47.5 Å². The number of fused-ring (bicyclic) bond motifs is 1. The van der Waals surface area contributed by atoms with Gasteiger partial charge >= 0.3 is 0 Å². The summed E-state index contributed by atoms with van der Waals surface area (Å²) in [6, 6.07) is 20.4. The molecule has 1 amide bonds. The van der Waals surface area contributed by atoms with E-state index in [9.17, 15) is 4.79 Å². The molecule has 0 fully saturated rings. The van der Waals surface area contributed by atoms with Crippen molar-refractivity contribution in [2.24, 2.45) is 0 Å². The fourth-order valence-corrected chi connectivity index (χ4v) is 4.26. The second kappa shape index (κ2) is 8.84. The third kappa shape index (κ3) is 4.15. The predicted octanol–water partition coefficient (Wildman–Crippen LogP) is 5.78. The van der Waals surface area contributed by atoms with Crippen LogP contribution >= 0.6 is 0 Å². The van der Waals surface area contributed by atoms with Crippen molar-refractivity contribution in [3.05, 3.63) is 88.5 Å². The maximum atomic E-state index is 13.4. The van der Waals surface area contributed by atoms with E-state index in [1.165, 1.54) is 5.56 Å². The summed E-state index contributed by atoms with van der Waals surface area (Å²) in [5.74, 6) is 1.50. The van der Waals surface area contributed by atoms with Gasteiger partial charge in [-0.2, -0.15) is 0 Å². The highest BCUT2D eigenvalue weighted by atomic mass is 16.5. The summed E-state index contributed by atoms with van der Waals surface area (Å²) in [6.07, 6.45) is 0.331. The largest absolute Gasteiger partial charge is 0.490 e. The number of carbonyl (C=O) groups excluding carboxylic acids is 1. The number of anilines is 1. The summed E-state index contributed by atoms with van der Waals surface area (Å²) in [4.78, 5) is 15.4. The zero-order valence-corrected chi connectivity index (χ0v) is 18.6. The molecule has 0 aliphatic carbocycles. The van der Waals surface area contributed by atoms with Crippen LogP contribution in [0.25, 0.3) is 0 Å². The molecule has 1 heterocycles. The third-order valence-corrected chi connectivity index (χ3v) is 5.64. The van der Waals surface area contributed by atoms with E-state index in [1.54, 1.807) is 0 Å². The molecule has 160 valence electrons. The van der Waals surface area contributed by atoms with Crippen LogP contribution in [0, 0.1) is 13.8 Å². The van der Waals surface area contributed by atoms with Gasteiger partial charge in [0.1, 0.15) is 0 Å². The van der Waals surface area contributed by atoms with E-state index in [0.29, 0.717) is 25.4 Å². The topological polar surface area (TPSA) is 38.8 Å². The molecule has 0 bridgehead atoms. The van der Waals surface area contributed by atoms with Gasteiger partial charge in [0, 0.05) is 5.69 Å². The number of nitrogens with zero attached hydrogens (tertiary/aromatic N) is 1. The van der Waals surface area contributed by atoms with Crippen LogP contribution in [-0.2, 0) is 11.2 Å². The summed E-state index contributed by atoms with van der Waals surface area (Å²) >= 11 is 0. The van der Waals surface area contributed by atoms with Crippen molar-refractivity contribution in [2.45, 2.75) is 40.2 Å². The molecule has 1 aliphatic rings. The molecule has 3 aromatic carbocycles. The first-order valence-electron chi connectivity index (χ1n) is 10.9. The van der Waals surface area contributed by atoms with Gasteiger partial charge in [0.05, 0.1) is 25.7 Å². The highest BCUT2D eigenvalue weighted by molar-refractivity contribution is 5.98. The molecule has 31 heavy (non-hydrogen) atoms. The first-order valence-corrected chi connectivity index (χ1v) is 10.9. The van der Waals surface area contributed by atoms with Crippen LogP contribution in [0.2, 0.25) is 0 Å². The quantitative estimate of drug-likeness (QED) is 0.512. The number of benzene rings is 3. The van der Waals surface area contributed by atoms with Gasteiger partial charge in [-0.05, 0) is 68.7 Å². The normalized spacial score (nSPS) is 15.5. The van der Waals surface area contributed by atoms with Crippen LogP contribution in [0.15, 0.2) is 60.7 Å². The van der Waals surface area contributed by atoms with Gasteiger partial charge in [-0.25, -0.2) is 0 Å². The maximum Gasteiger partial charge on any atom is 0.232 e. The van der Waals surface area contributed by atoms with Crippen LogP contribution in [0.3, 0.4) is 0 Å². The minimum Gasteiger partial charge on any atom is -0.490 e. The van der Waals surface area contributed by atoms with Crippen LogP contribution in [-0.4, -0.2) is 19.1 Å². The van der Waals surface area contributed by atoms with Gasteiger partial charge in [0.15, 0.2) is 11.5 Å². The molecule has 4 heteroatoms. The van der Waals surface area contributed by atoms with Crippen molar-refractivity contribution in [1.29, 1.82) is 0 Å². The van der Waals surface area contributed by atoms with Crippen molar-refractivity contribution in [1.82, 2.24) is 0 Å². The molecule has 4 rings (SSSR count). The number of rotatable bonds is 6. The average molecular weight is 416 g/mol. The molecule has 1 atom stereocenters. The minimum atomic E-state index is -0.228. The van der Waals surface area contributed by atoms with Gasteiger partial charge in [0.25, 0.3) is 0 Å². The van der Waals surface area contributed by atoms with Crippen molar-refractivity contribution >= 4 is 11.6 Å². The summed E-state index contributed by atoms with van der Waals surface area (Å²) in [7, 11) is 0. The van der Waals surface area contributed by atoms with Crippen molar-refractivity contribution in [3.8, 4) is 11.5 Å². The summed E-state index contributed by atoms with van der Waals surface area (Å²) < 4.78 is 11.7. The second-order valence-electron chi connectivity index (χ2n) is 7.96. The van der Waals surface area contributed by atoms with E-state index in [1.807, 2.05) is 36.9 Å². The van der Waals surface area contributed by atoms with Gasteiger partial charge in [-0.15, -0.1) is 0 Å². The van der Waals surface area contributed by atoms with E-state index in [-0.39, 0.29) is 11.9 Å². The Morgan fingerprint density at radius 3 is 2.19 bits per heavy atom. The third-order valence-electron chi connectivity index (χ3n) is 5.64. The fraction of sp³-hybridized carbons (Fsp3) is 0.296. The Balaban J connectivity index is 1.93. The maximum absolute atomic E-state index is 13.4. The first kappa shape index (κ1) is 21.0. The van der Waals surface area contributed by atoms with Gasteiger partial charge in [-0.3, -0.25) is 4.79 Å². The lowest BCUT2D eigenvalue weighted by molar-refractivity contribution is -0.118. The lowest BCUT2D eigenvalue weighted by atomic mass is 9.86. The highest BCUT2D eigenvalue weighted by Gasteiger charge is 2.36. The van der Waals surface area contributed by atoms with Crippen molar-refractivity contribution < 1.29 is 14.3 Å².